The second-order valence-corrected chi connectivity index (χ2v) is 4.33. The van der Waals surface area contributed by atoms with Gasteiger partial charge in [0, 0.05) is 27.1 Å². The molecule has 0 saturated heterocycles. The van der Waals surface area contributed by atoms with E-state index in [2.05, 4.69) is 5.10 Å². The fourth-order valence-corrected chi connectivity index (χ4v) is 1.77. The van der Waals surface area contributed by atoms with E-state index in [1.165, 1.54) is 12.1 Å². The van der Waals surface area contributed by atoms with Crippen LogP contribution in [0.3, 0.4) is 0 Å². The first-order chi connectivity index (χ1) is 8.38. The molecule has 0 aromatic heterocycles. The lowest BCUT2D eigenvalue weighted by atomic mass is 10.2. The highest BCUT2D eigenvalue weighted by molar-refractivity contribution is 5.85. The molecule has 98 valence electrons. The number of amidine groups is 1. The van der Waals surface area contributed by atoms with Crippen molar-refractivity contribution in [1.29, 1.82) is 0 Å². The molecule has 0 atom stereocenters. The Morgan fingerprint density at radius 1 is 1.17 bits per heavy atom. The molecule has 3 nitrogen and oxygen atoms in total. The first kappa shape index (κ1) is 12.7. The van der Waals surface area contributed by atoms with Crippen molar-refractivity contribution in [2.24, 2.45) is 5.10 Å². The van der Waals surface area contributed by atoms with Gasteiger partial charge in [-0.3, -0.25) is 5.01 Å². The van der Waals surface area contributed by atoms with Gasteiger partial charge in [0.1, 0.15) is 5.84 Å². The van der Waals surface area contributed by atoms with Crippen molar-refractivity contribution < 1.29 is 13.2 Å². The van der Waals surface area contributed by atoms with Crippen LogP contribution in [0.5, 0.6) is 0 Å². The number of hydrogen-bond donors (Lipinski definition) is 0. The molecule has 2 rings (SSSR count). The maximum absolute atomic E-state index is 12.4. The second-order valence-electron chi connectivity index (χ2n) is 4.33. The van der Waals surface area contributed by atoms with Gasteiger partial charge in [0.05, 0.1) is 11.3 Å². The Bertz CT molecular complexity index is 449. The zero-order valence-electron chi connectivity index (χ0n) is 10.2. The molecule has 0 aliphatic carbocycles. The average molecular weight is 257 g/mol. The van der Waals surface area contributed by atoms with Crippen LogP contribution in [0.15, 0.2) is 29.4 Å². The third-order valence-corrected chi connectivity index (χ3v) is 2.79. The van der Waals surface area contributed by atoms with E-state index in [1.54, 1.807) is 5.01 Å². The summed E-state index contributed by atoms with van der Waals surface area (Å²) in [7, 11) is 3.80. The van der Waals surface area contributed by atoms with Crippen LogP contribution in [0.1, 0.15) is 12.0 Å². The van der Waals surface area contributed by atoms with Crippen LogP contribution in [-0.4, -0.2) is 31.4 Å². The van der Waals surface area contributed by atoms with Gasteiger partial charge in [-0.15, -0.1) is 0 Å². The largest absolute Gasteiger partial charge is 0.416 e. The Hall–Kier alpha value is -1.72. The number of benzene rings is 1. The molecular weight excluding hydrogens is 243 g/mol. The van der Waals surface area contributed by atoms with Crippen molar-refractivity contribution in [3.05, 3.63) is 29.8 Å². The van der Waals surface area contributed by atoms with Crippen molar-refractivity contribution in [1.82, 2.24) is 4.90 Å². The molecule has 6 heteroatoms. The fourth-order valence-electron chi connectivity index (χ4n) is 1.77. The predicted molar refractivity (Wildman–Crippen MR) is 64.5 cm³/mol. The molecule has 0 fully saturated rings. The summed E-state index contributed by atoms with van der Waals surface area (Å²) in [5.74, 6) is 0.926. The predicted octanol–water partition coefficient (Wildman–Crippen LogP) is 2.79. The lowest BCUT2D eigenvalue weighted by Crippen LogP contribution is -2.19. The standard InChI is InChI=1S/C12H14F3N3/c1-17(2)11-7-8-18(16-11)10-5-3-9(4-6-10)12(13,14)15/h3-6H,7-8H2,1-2H3. The zero-order chi connectivity index (χ0) is 13.3. The number of anilines is 1. The number of alkyl halides is 3. The third kappa shape index (κ3) is 2.57. The summed E-state index contributed by atoms with van der Waals surface area (Å²) in [4.78, 5) is 1.91. The van der Waals surface area contributed by atoms with Crippen LogP contribution in [0.2, 0.25) is 0 Å². The van der Waals surface area contributed by atoms with Crippen molar-refractivity contribution in [2.45, 2.75) is 12.6 Å². The van der Waals surface area contributed by atoms with E-state index < -0.39 is 11.7 Å². The van der Waals surface area contributed by atoms with Gasteiger partial charge in [0.15, 0.2) is 0 Å². The molecule has 1 aliphatic rings. The van der Waals surface area contributed by atoms with Crippen molar-refractivity contribution in [3.63, 3.8) is 0 Å². The molecule has 0 N–H and O–H groups in total. The zero-order valence-corrected chi connectivity index (χ0v) is 10.2. The summed E-state index contributed by atoms with van der Waals surface area (Å²) in [6.45, 7) is 0.693. The summed E-state index contributed by atoms with van der Waals surface area (Å²) in [5.41, 5.74) is 0.0436. The van der Waals surface area contributed by atoms with Crippen LogP contribution in [-0.2, 0) is 6.18 Å². The quantitative estimate of drug-likeness (QED) is 0.770. The average Bonchev–Trinajstić information content (AvgIpc) is 2.77. The minimum atomic E-state index is -4.29. The Kier molecular flexibility index (Phi) is 3.19. The highest BCUT2D eigenvalue weighted by Gasteiger charge is 2.30. The van der Waals surface area contributed by atoms with Gasteiger partial charge in [0.2, 0.25) is 0 Å². The molecule has 0 radical (unpaired) electrons. The molecule has 0 unspecified atom stereocenters. The van der Waals surface area contributed by atoms with Gasteiger partial charge in [-0.05, 0) is 24.3 Å². The summed E-state index contributed by atoms with van der Waals surface area (Å²) in [6.07, 6.45) is -3.49. The Morgan fingerprint density at radius 2 is 1.78 bits per heavy atom. The minimum absolute atomic E-state index is 0.637. The van der Waals surface area contributed by atoms with Gasteiger partial charge < -0.3 is 4.90 Å². The van der Waals surface area contributed by atoms with E-state index in [4.69, 9.17) is 0 Å². The monoisotopic (exact) mass is 257 g/mol. The number of rotatable bonds is 1. The third-order valence-electron chi connectivity index (χ3n) is 2.79. The minimum Gasteiger partial charge on any atom is -0.365 e. The number of nitrogens with zero attached hydrogens (tertiary/aromatic N) is 3. The van der Waals surface area contributed by atoms with Gasteiger partial charge in [-0.2, -0.15) is 18.3 Å². The Morgan fingerprint density at radius 3 is 2.22 bits per heavy atom. The van der Waals surface area contributed by atoms with E-state index in [0.29, 0.717) is 12.2 Å². The molecule has 18 heavy (non-hydrogen) atoms. The molecule has 1 aliphatic heterocycles. The first-order valence-electron chi connectivity index (χ1n) is 5.57. The lowest BCUT2D eigenvalue weighted by Gasteiger charge is -2.15. The highest BCUT2D eigenvalue weighted by Crippen LogP contribution is 2.31. The molecular formula is C12H14F3N3. The van der Waals surface area contributed by atoms with Crippen LogP contribution in [0.25, 0.3) is 0 Å². The van der Waals surface area contributed by atoms with Gasteiger partial charge in [0.25, 0.3) is 0 Å². The van der Waals surface area contributed by atoms with Gasteiger partial charge in [-0.25, -0.2) is 0 Å². The molecule has 0 bridgehead atoms. The molecule has 1 heterocycles. The Labute approximate surface area is 103 Å². The van der Waals surface area contributed by atoms with Crippen molar-refractivity contribution in [2.75, 3.05) is 25.6 Å². The molecule has 1 aromatic carbocycles. The number of halogens is 3. The van der Waals surface area contributed by atoms with Crippen molar-refractivity contribution >= 4 is 11.5 Å². The van der Waals surface area contributed by atoms with Gasteiger partial charge in [-0.1, -0.05) is 0 Å². The lowest BCUT2D eigenvalue weighted by molar-refractivity contribution is -0.137. The SMILES string of the molecule is CN(C)C1=NN(c2ccc(C(F)(F)F)cc2)CC1. The molecule has 0 spiro atoms. The summed E-state index contributed by atoms with van der Waals surface area (Å²) in [5, 5.41) is 6.06. The topological polar surface area (TPSA) is 18.8 Å². The van der Waals surface area contributed by atoms with Crippen LogP contribution < -0.4 is 5.01 Å². The van der Waals surface area contributed by atoms with Gasteiger partial charge >= 0.3 is 6.18 Å². The molecule has 0 saturated carbocycles. The maximum Gasteiger partial charge on any atom is 0.416 e. The van der Waals surface area contributed by atoms with E-state index >= 15 is 0 Å². The second kappa shape index (κ2) is 4.51. The number of hydrogen-bond acceptors (Lipinski definition) is 3. The molecule has 0 amide bonds. The van der Waals surface area contributed by atoms with E-state index in [-0.39, 0.29) is 0 Å². The van der Waals surface area contributed by atoms with Crippen molar-refractivity contribution in [3.8, 4) is 0 Å². The van der Waals surface area contributed by atoms with E-state index in [9.17, 15) is 13.2 Å². The Balaban J connectivity index is 2.17. The van der Waals surface area contributed by atoms with E-state index in [1.807, 2.05) is 19.0 Å². The first-order valence-corrected chi connectivity index (χ1v) is 5.57. The fraction of sp³-hybridized carbons (Fsp3) is 0.417. The highest BCUT2D eigenvalue weighted by atomic mass is 19.4. The molecule has 1 aromatic rings. The summed E-state index contributed by atoms with van der Waals surface area (Å²) in [6, 6.07) is 5.06. The normalized spacial score (nSPS) is 15.8. The summed E-state index contributed by atoms with van der Waals surface area (Å²) < 4.78 is 37.3. The summed E-state index contributed by atoms with van der Waals surface area (Å²) >= 11 is 0. The number of hydrazone groups is 1. The smallest absolute Gasteiger partial charge is 0.365 e. The van der Waals surface area contributed by atoms with Crippen LogP contribution in [0, 0.1) is 0 Å². The van der Waals surface area contributed by atoms with Crippen LogP contribution in [0.4, 0.5) is 18.9 Å². The van der Waals surface area contributed by atoms with E-state index in [0.717, 1.165) is 24.4 Å². The maximum atomic E-state index is 12.4. The van der Waals surface area contributed by atoms with Crippen LogP contribution >= 0.6 is 0 Å².